The second-order valence-electron chi connectivity index (χ2n) is 18.2. The summed E-state index contributed by atoms with van der Waals surface area (Å²) in [5.41, 5.74) is 17.4. The number of carboxylic acids is 1. The van der Waals surface area contributed by atoms with E-state index in [0.717, 1.165) is 0 Å². The van der Waals surface area contributed by atoms with Gasteiger partial charge >= 0.3 is 5.97 Å². The highest BCUT2D eigenvalue weighted by Crippen LogP contribution is 2.20. The van der Waals surface area contributed by atoms with E-state index in [2.05, 4.69) is 42.5 Å². The molecule has 10 amide bonds. The lowest BCUT2D eigenvalue weighted by Gasteiger charge is -2.30. The monoisotopic (exact) mass is 1020 g/mol. The molecule has 1 aromatic rings. The summed E-state index contributed by atoms with van der Waals surface area (Å²) < 4.78 is 0. The Kier molecular flexibility index (Phi) is 25.8. The van der Waals surface area contributed by atoms with Gasteiger partial charge < -0.3 is 74.8 Å². The Balaban J connectivity index is 2.12. The standard InChI is InChI=1S/C47H76N12O13/c1-8-24(2)36(57-41(66)27(5)51-42(67)31(49)19-20-35(61)62)45(70)58-37(29(7)60)46(71)53-25(3)39(64)54-28(6)47(72)59-22-14-18-34(59)44(69)56-33(23-30-15-10-9-11-16-30)43(68)52-26(4)40(65)55-32(38(50)63)17-12-13-21-48/h9-11,15-16,24-29,31-34,36-37,60H,8,12-14,17-23,48-49H2,1-7H3,(H2,50,63)(H,51,67)(H,52,68)(H,53,71)(H,54,64)(H,55,65)(H,56,69)(H,57,66)(H,58,70)(H,61,62)/t24-,25-,26-,27-,28-,29+,31-,32-,33-,34-,36-,37-/m0/s1. The zero-order valence-corrected chi connectivity index (χ0v) is 42.2. The predicted molar refractivity (Wildman–Crippen MR) is 261 cm³/mol. The summed E-state index contributed by atoms with van der Waals surface area (Å²) >= 11 is 0. The number of carbonyl (C=O) groups excluding carboxylic acids is 10. The average molecular weight is 1020 g/mol. The first-order valence-corrected chi connectivity index (χ1v) is 24.2. The Labute approximate surface area is 419 Å². The molecular formula is C47H76N12O13. The van der Waals surface area contributed by atoms with Gasteiger partial charge in [-0.1, -0.05) is 50.6 Å². The molecule has 1 aromatic carbocycles. The number of hydrogen-bond donors (Lipinski definition) is 13. The second kappa shape index (κ2) is 30.2. The van der Waals surface area contributed by atoms with Crippen LogP contribution in [0.15, 0.2) is 30.3 Å². The molecular weight excluding hydrogens is 941 g/mol. The number of aliphatic hydroxyl groups is 1. The molecule has 0 aliphatic carbocycles. The molecule has 25 nitrogen and oxygen atoms in total. The van der Waals surface area contributed by atoms with E-state index in [4.69, 9.17) is 22.3 Å². The van der Waals surface area contributed by atoms with Gasteiger partial charge in [0.25, 0.3) is 0 Å². The molecule has 1 aliphatic heterocycles. The summed E-state index contributed by atoms with van der Waals surface area (Å²) in [5, 5.41) is 39.5. The van der Waals surface area contributed by atoms with Crippen LogP contribution in [0.4, 0.5) is 0 Å². The van der Waals surface area contributed by atoms with Crippen molar-refractivity contribution in [1.29, 1.82) is 0 Å². The van der Waals surface area contributed by atoms with Crippen molar-refractivity contribution in [3.63, 3.8) is 0 Å². The summed E-state index contributed by atoms with van der Waals surface area (Å²) in [5.74, 6) is -9.41. The van der Waals surface area contributed by atoms with Crippen molar-refractivity contribution in [3.8, 4) is 0 Å². The summed E-state index contributed by atoms with van der Waals surface area (Å²) in [7, 11) is 0. The summed E-state index contributed by atoms with van der Waals surface area (Å²) in [4.78, 5) is 145. The number of amides is 10. The molecule has 1 fully saturated rings. The van der Waals surface area contributed by atoms with Gasteiger partial charge in [-0.3, -0.25) is 52.7 Å². The second-order valence-corrected chi connectivity index (χ2v) is 18.2. The zero-order chi connectivity index (χ0) is 54.4. The highest BCUT2D eigenvalue weighted by molar-refractivity contribution is 5.98. The molecule has 0 spiro atoms. The number of aliphatic hydroxyl groups excluding tert-OH is 1. The van der Waals surface area contributed by atoms with Crippen molar-refractivity contribution in [2.45, 2.75) is 173 Å². The van der Waals surface area contributed by atoms with Crippen LogP contribution in [-0.4, -0.2) is 160 Å². The van der Waals surface area contributed by atoms with E-state index < -0.39 is 137 Å². The molecule has 12 atom stereocenters. The van der Waals surface area contributed by atoms with E-state index in [0.29, 0.717) is 37.8 Å². The van der Waals surface area contributed by atoms with Gasteiger partial charge in [-0.25, -0.2) is 0 Å². The van der Waals surface area contributed by atoms with Gasteiger partial charge in [0.2, 0.25) is 59.1 Å². The number of nitrogens with two attached hydrogens (primary N) is 3. The van der Waals surface area contributed by atoms with Gasteiger partial charge in [0.1, 0.15) is 54.4 Å². The van der Waals surface area contributed by atoms with Crippen molar-refractivity contribution in [2.24, 2.45) is 23.1 Å². The number of unbranched alkanes of at least 4 members (excludes halogenated alkanes) is 1. The summed E-state index contributed by atoms with van der Waals surface area (Å²) in [6.07, 6.45) is 0.334. The molecule has 402 valence electrons. The number of carboxylic acid groups (broad SMARTS) is 1. The number of rotatable bonds is 30. The fraction of sp³-hybridized carbons (Fsp3) is 0.638. The SMILES string of the molecule is CC[C@H](C)[C@H](NC(=O)[C@H](C)NC(=O)[C@@H](N)CCC(=O)O)C(=O)N[C@H](C(=O)N[C@@H](C)C(=O)N[C@@H](C)C(=O)N1CCC[C@H]1C(=O)N[C@@H](Cc1ccccc1)C(=O)N[C@@H](C)C(=O)N[C@@H](CCCCN)C(N)=O)[C@@H](C)O. The molecule has 1 saturated heterocycles. The molecule has 2 rings (SSSR count). The molecule has 0 radical (unpaired) electrons. The van der Waals surface area contributed by atoms with Crippen LogP contribution >= 0.6 is 0 Å². The maximum absolute atomic E-state index is 13.9. The Morgan fingerprint density at radius 1 is 0.653 bits per heavy atom. The molecule has 25 heteroatoms. The van der Waals surface area contributed by atoms with E-state index in [1.165, 1.54) is 39.5 Å². The van der Waals surface area contributed by atoms with Crippen molar-refractivity contribution >= 4 is 65.0 Å². The number of hydrogen-bond acceptors (Lipinski definition) is 14. The fourth-order valence-electron chi connectivity index (χ4n) is 7.53. The minimum absolute atomic E-state index is 0.0110. The van der Waals surface area contributed by atoms with Crippen LogP contribution < -0.4 is 59.7 Å². The molecule has 0 aromatic heterocycles. The molecule has 0 unspecified atom stereocenters. The van der Waals surface area contributed by atoms with Crippen LogP contribution in [0, 0.1) is 5.92 Å². The quantitative estimate of drug-likeness (QED) is 0.0332. The van der Waals surface area contributed by atoms with E-state index in [9.17, 15) is 57.8 Å². The lowest BCUT2D eigenvalue weighted by Crippen LogP contribution is -2.62. The molecule has 16 N–H and O–H groups in total. The highest BCUT2D eigenvalue weighted by atomic mass is 16.4. The van der Waals surface area contributed by atoms with Gasteiger partial charge in [0.05, 0.1) is 12.1 Å². The predicted octanol–water partition coefficient (Wildman–Crippen LogP) is -3.59. The maximum atomic E-state index is 13.9. The van der Waals surface area contributed by atoms with Crippen molar-refractivity contribution < 1.29 is 63.0 Å². The first-order chi connectivity index (χ1) is 33.8. The first-order valence-electron chi connectivity index (χ1n) is 24.2. The number of nitrogens with zero attached hydrogens (tertiary/aromatic N) is 1. The topological polar surface area (TPSA) is 406 Å². The molecule has 1 aliphatic rings. The Morgan fingerprint density at radius 3 is 1.74 bits per heavy atom. The first kappa shape index (κ1) is 61.4. The fourth-order valence-corrected chi connectivity index (χ4v) is 7.53. The van der Waals surface area contributed by atoms with Crippen LogP contribution in [0.25, 0.3) is 0 Å². The number of primary amides is 1. The Hall–Kier alpha value is -6.73. The number of likely N-dealkylation sites (tertiary alicyclic amines) is 1. The summed E-state index contributed by atoms with van der Waals surface area (Å²) in [6.45, 7) is 10.5. The van der Waals surface area contributed by atoms with E-state index in [1.807, 2.05) is 0 Å². The lowest BCUT2D eigenvalue weighted by molar-refractivity contribution is -0.142. The van der Waals surface area contributed by atoms with Crippen LogP contribution in [0.3, 0.4) is 0 Å². The van der Waals surface area contributed by atoms with Gasteiger partial charge in [0.15, 0.2) is 0 Å². The van der Waals surface area contributed by atoms with Crippen LogP contribution in [0.1, 0.15) is 105 Å². The third-order valence-electron chi connectivity index (χ3n) is 12.2. The molecule has 1 heterocycles. The Bertz CT molecular complexity index is 2060. The summed E-state index contributed by atoms with van der Waals surface area (Å²) in [6, 6.07) is -3.54. The van der Waals surface area contributed by atoms with Crippen LogP contribution in [-0.2, 0) is 59.2 Å². The van der Waals surface area contributed by atoms with Crippen molar-refractivity contribution in [3.05, 3.63) is 35.9 Å². The number of carbonyl (C=O) groups is 11. The van der Waals surface area contributed by atoms with E-state index in [-0.39, 0.29) is 38.6 Å². The number of nitrogens with one attached hydrogen (secondary N) is 8. The van der Waals surface area contributed by atoms with Gasteiger partial charge in [-0.05, 0) is 91.2 Å². The number of aliphatic carboxylic acids is 1. The highest BCUT2D eigenvalue weighted by Gasteiger charge is 2.39. The minimum atomic E-state index is -1.64. The molecule has 72 heavy (non-hydrogen) atoms. The molecule has 0 bridgehead atoms. The lowest BCUT2D eigenvalue weighted by atomic mass is 9.97. The van der Waals surface area contributed by atoms with E-state index in [1.54, 1.807) is 44.2 Å². The zero-order valence-electron chi connectivity index (χ0n) is 42.2. The third-order valence-corrected chi connectivity index (χ3v) is 12.2. The maximum Gasteiger partial charge on any atom is 0.303 e. The molecule has 0 saturated carbocycles. The Morgan fingerprint density at radius 2 is 1.18 bits per heavy atom. The normalized spacial score (nSPS) is 17.8. The van der Waals surface area contributed by atoms with Gasteiger partial charge in [-0.15, -0.1) is 0 Å². The smallest absolute Gasteiger partial charge is 0.303 e. The van der Waals surface area contributed by atoms with Gasteiger partial charge in [-0.2, -0.15) is 0 Å². The van der Waals surface area contributed by atoms with Crippen LogP contribution in [0.5, 0.6) is 0 Å². The van der Waals surface area contributed by atoms with Crippen molar-refractivity contribution in [2.75, 3.05) is 13.1 Å². The van der Waals surface area contributed by atoms with E-state index >= 15 is 0 Å². The average Bonchev–Trinajstić information content (AvgIpc) is 3.83. The number of benzene rings is 1. The third kappa shape index (κ3) is 19.8. The van der Waals surface area contributed by atoms with Gasteiger partial charge in [0, 0.05) is 19.4 Å². The largest absolute Gasteiger partial charge is 0.481 e. The van der Waals surface area contributed by atoms with Crippen molar-refractivity contribution in [1.82, 2.24) is 47.4 Å². The van der Waals surface area contributed by atoms with Crippen LogP contribution in [0.2, 0.25) is 0 Å². The minimum Gasteiger partial charge on any atom is -0.481 e.